The minimum Gasteiger partial charge on any atom is -0.480 e. The Morgan fingerprint density at radius 1 is 0.532 bits per heavy atom. The third-order valence-electron chi connectivity index (χ3n) is 9.36. The van der Waals surface area contributed by atoms with Gasteiger partial charge in [-0.15, -0.1) is 0 Å². The summed E-state index contributed by atoms with van der Waals surface area (Å²) >= 11 is 0. The number of aliphatic hydroxyl groups excluding tert-OH is 1. The number of ether oxygens (including phenoxy) is 1. The number of hydrogen-bond acceptors (Lipinski definition) is 8. The lowest BCUT2D eigenvalue weighted by Crippen LogP contribution is -2.43. The maximum absolute atomic E-state index is 12.3. The molecule has 11 nitrogen and oxygen atoms in total. The zero-order chi connectivity index (χ0) is 45.6. The Hall–Kier alpha value is -3.60. The lowest BCUT2D eigenvalue weighted by atomic mass is 10.1. The van der Waals surface area contributed by atoms with Crippen molar-refractivity contribution >= 4 is 25.7 Å². The molecule has 0 aromatic rings. The minimum atomic E-state index is -4.78. The Bertz CT molecular complexity index is 1410. The highest BCUT2D eigenvalue weighted by atomic mass is 31.2. The number of aliphatic carboxylic acids is 1. The molecule has 1 amide bonds. The Morgan fingerprint density at radius 2 is 0.952 bits per heavy atom. The van der Waals surface area contributed by atoms with Crippen molar-refractivity contribution in [2.24, 2.45) is 0 Å². The predicted octanol–water partition coefficient (Wildman–Crippen LogP) is 12.4. The third kappa shape index (κ3) is 43.1. The molecule has 0 aromatic heterocycles. The number of aliphatic hydroxyl groups is 1. The zero-order valence-corrected chi connectivity index (χ0v) is 39.0. The van der Waals surface area contributed by atoms with Crippen LogP contribution in [-0.4, -0.2) is 64.9 Å². The van der Waals surface area contributed by atoms with E-state index in [9.17, 15) is 34.1 Å². The lowest BCUT2D eigenvalue weighted by molar-refractivity contribution is -0.147. The number of carboxylic acid groups (broad SMARTS) is 1. The van der Waals surface area contributed by atoms with Crippen LogP contribution in [0.4, 0.5) is 0 Å². The largest absolute Gasteiger partial charge is 0.480 e. The van der Waals surface area contributed by atoms with Crippen LogP contribution in [0.5, 0.6) is 0 Å². The van der Waals surface area contributed by atoms with Crippen molar-refractivity contribution in [1.29, 1.82) is 0 Å². The molecular weight excluding hydrogens is 806 g/mol. The number of carbonyl (C=O) groups is 3. The van der Waals surface area contributed by atoms with Crippen molar-refractivity contribution in [3.8, 4) is 0 Å². The van der Waals surface area contributed by atoms with E-state index in [1.54, 1.807) is 0 Å². The van der Waals surface area contributed by atoms with Crippen LogP contribution in [0.1, 0.15) is 168 Å². The van der Waals surface area contributed by atoms with Crippen LogP contribution in [0.25, 0.3) is 0 Å². The van der Waals surface area contributed by atoms with Gasteiger partial charge in [-0.3, -0.25) is 18.6 Å². The number of amides is 1. The van der Waals surface area contributed by atoms with Crippen LogP contribution in [0.15, 0.2) is 97.2 Å². The molecular formula is C50H82NO10P. The molecule has 3 atom stereocenters. The molecule has 0 aliphatic heterocycles. The minimum absolute atomic E-state index is 0.127. The monoisotopic (exact) mass is 888 g/mol. The van der Waals surface area contributed by atoms with Crippen molar-refractivity contribution in [2.45, 2.75) is 180 Å². The number of unbranched alkanes of at least 4 members (excludes halogenated alkanes) is 12. The third-order valence-corrected chi connectivity index (χ3v) is 10.3. The summed E-state index contributed by atoms with van der Waals surface area (Å²) in [5, 5.41) is 21.8. The number of phosphoric acid groups is 1. The van der Waals surface area contributed by atoms with Crippen molar-refractivity contribution in [1.82, 2.24) is 5.32 Å². The number of phosphoric ester groups is 1. The second-order valence-electron chi connectivity index (χ2n) is 15.2. The van der Waals surface area contributed by atoms with Crippen LogP contribution in [0.2, 0.25) is 0 Å². The highest BCUT2D eigenvalue weighted by Crippen LogP contribution is 2.43. The van der Waals surface area contributed by atoms with E-state index in [0.29, 0.717) is 19.3 Å². The summed E-state index contributed by atoms with van der Waals surface area (Å²) in [5.74, 6) is -2.46. The van der Waals surface area contributed by atoms with E-state index >= 15 is 0 Å². The first kappa shape index (κ1) is 58.4. The van der Waals surface area contributed by atoms with Crippen molar-refractivity contribution < 1.29 is 47.8 Å². The summed E-state index contributed by atoms with van der Waals surface area (Å²) in [6, 6.07) is -1.56. The van der Waals surface area contributed by atoms with Gasteiger partial charge in [0.15, 0.2) is 6.04 Å². The average molecular weight is 888 g/mol. The zero-order valence-electron chi connectivity index (χ0n) is 38.1. The number of rotatable bonds is 42. The Kier molecular flexibility index (Phi) is 41.5. The molecule has 0 rings (SSSR count). The van der Waals surface area contributed by atoms with Crippen molar-refractivity contribution in [2.75, 3.05) is 19.8 Å². The summed E-state index contributed by atoms with van der Waals surface area (Å²) in [6.45, 7) is 2.40. The topological polar surface area (TPSA) is 169 Å². The van der Waals surface area contributed by atoms with E-state index in [1.165, 1.54) is 38.5 Å². The normalized spacial score (nSPS) is 14.5. The van der Waals surface area contributed by atoms with Gasteiger partial charge in [-0.1, -0.05) is 162 Å². The van der Waals surface area contributed by atoms with Crippen molar-refractivity contribution in [3.05, 3.63) is 97.2 Å². The quantitative estimate of drug-likeness (QED) is 0.0200. The number of allylic oxidation sites excluding steroid dienone is 16. The highest BCUT2D eigenvalue weighted by molar-refractivity contribution is 7.47. The SMILES string of the molecule is CC/C=C\C/C=C\C/C=C\C/C=C\C/C=C\C/C=C\C/C=C\CCCC(=O)OCC(O)COP(=O)(O)OCC(NC(=O)CCCCCCC/C=C\CCCCCCCC)C(=O)O. The molecule has 3 unspecified atom stereocenters. The maximum atomic E-state index is 12.3. The molecule has 4 N–H and O–H groups in total. The van der Waals surface area contributed by atoms with E-state index in [2.05, 4.69) is 104 Å². The van der Waals surface area contributed by atoms with Crippen LogP contribution in [-0.2, 0) is 32.7 Å². The van der Waals surface area contributed by atoms with Crippen LogP contribution in [0, 0.1) is 0 Å². The Morgan fingerprint density at radius 3 is 1.45 bits per heavy atom. The fraction of sp³-hybridized carbons (Fsp3) is 0.620. The number of carboxylic acids is 1. The van der Waals surface area contributed by atoms with Gasteiger partial charge in [-0.2, -0.15) is 0 Å². The first-order valence-electron chi connectivity index (χ1n) is 23.3. The van der Waals surface area contributed by atoms with Gasteiger partial charge < -0.3 is 25.2 Å². The van der Waals surface area contributed by atoms with E-state index in [1.807, 2.05) is 12.2 Å². The van der Waals surface area contributed by atoms with Gasteiger partial charge >= 0.3 is 19.8 Å². The standard InChI is InChI=1S/C50H82NO10P/c1-3-5-7-9-11-13-15-17-19-20-21-22-23-24-25-26-28-30-32-34-36-38-40-42-49(54)59-43-46(52)44-60-62(57,58)61-45-47(50(55)56)51-48(53)41-39-37-35-33-31-29-27-18-16-14-12-10-8-6-4-2/h5,7,11,13,17-19,21-22,24-25,27-28,30,34,36,46-47,52H,3-4,6,8-10,12,14-16,20,23,26,29,31-33,35,37-45H2,1-2H3,(H,51,53)(H,55,56)(H,57,58)/b7-5-,13-11-,19-17-,22-21-,25-24-,27-18-,30-28-,36-34-. The molecule has 62 heavy (non-hydrogen) atoms. The van der Waals surface area contributed by atoms with E-state index in [-0.39, 0.29) is 12.8 Å². The smallest absolute Gasteiger partial charge is 0.472 e. The Labute approximate surface area is 374 Å². The fourth-order valence-electron chi connectivity index (χ4n) is 5.77. The fourth-order valence-corrected chi connectivity index (χ4v) is 6.54. The van der Waals surface area contributed by atoms with Gasteiger partial charge in [0, 0.05) is 12.8 Å². The second kappa shape index (κ2) is 44.0. The number of hydrogen-bond donors (Lipinski definition) is 4. The Balaban J connectivity index is 3.99. The van der Waals surface area contributed by atoms with Crippen LogP contribution >= 0.6 is 7.82 Å². The maximum Gasteiger partial charge on any atom is 0.472 e. The van der Waals surface area contributed by atoms with Crippen LogP contribution in [0.3, 0.4) is 0 Å². The van der Waals surface area contributed by atoms with Gasteiger partial charge in [0.05, 0.1) is 13.2 Å². The summed E-state index contributed by atoms with van der Waals surface area (Å²) in [6.07, 6.45) is 55.8. The average Bonchev–Trinajstić information content (AvgIpc) is 3.25. The molecule has 0 radical (unpaired) electrons. The van der Waals surface area contributed by atoms with Gasteiger partial charge in [0.2, 0.25) is 5.91 Å². The molecule has 0 aliphatic rings. The molecule has 12 heteroatoms. The first-order chi connectivity index (χ1) is 30.1. The van der Waals surface area contributed by atoms with E-state index in [0.717, 1.165) is 83.5 Å². The summed E-state index contributed by atoms with van der Waals surface area (Å²) in [7, 11) is -4.78. The molecule has 0 aromatic carbocycles. The van der Waals surface area contributed by atoms with E-state index in [4.69, 9.17) is 13.8 Å². The predicted molar refractivity (Wildman–Crippen MR) is 254 cm³/mol. The van der Waals surface area contributed by atoms with Crippen molar-refractivity contribution in [3.63, 3.8) is 0 Å². The number of esters is 1. The van der Waals surface area contributed by atoms with Gasteiger partial charge in [0.1, 0.15) is 12.7 Å². The second-order valence-corrected chi connectivity index (χ2v) is 16.7. The lowest BCUT2D eigenvalue weighted by Gasteiger charge is -2.18. The molecule has 352 valence electrons. The molecule has 0 heterocycles. The molecule has 0 spiro atoms. The van der Waals surface area contributed by atoms with E-state index < -0.39 is 57.6 Å². The number of carbonyl (C=O) groups excluding carboxylic acids is 2. The summed E-state index contributed by atoms with van der Waals surface area (Å²) in [4.78, 5) is 46.0. The number of nitrogens with one attached hydrogen (secondary N) is 1. The van der Waals surface area contributed by atoms with Crippen LogP contribution < -0.4 is 5.32 Å². The first-order valence-corrected chi connectivity index (χ1v) is 24.8. The molecule has 0 aliphatic carbocycles. The highest BCUT2D eigenvalue weighted by Gasteiger charge is 2.28. The van der Waals surface area contributed by atoms with Gasteiger partial charge in [0.25, 0.3) is 0 Å². The molecule has 0 saturated carbocycles. The molecule has 0 saturated heterocycles. The summed E-state index contributed by atoms with van der Waals surface area (Å²) < 4.78 is 26.8. The van der Waals surface area contributed by atoms with Gasteiger partial charge in [-0.05, 0) is 89.9 Å². The molecule has 0 bridgehead atoms. The summed E-state index contributed by atoms with van der Waals surface area (Å²) in [5.41, 5.74) is 0. The molecule has 0 fully saturated rings. The van der Waals surface area contributed by atoms with Gasteiger partial charge in [-0.25, -0.2) is 9.36 Å².